The first-order valence-electron chi connectivity index (χ1n) is 6.91. The minimum atomic E-state index is 0.151. The normalized spacial score (nSPS) is 23.6. The standard InChI is InChI=1S/C16H23NO2/c1-11-5-6-14(16(7-11)19-4)15(18)10-17-8-12(2)13(3)9-17/h5-7,12-13H,8-10H2,1-4H3. The largest absolute Gasteiger partial charge is 0.496 e. The van der Waals surface area contributed by atoms with E-state index in [-0.39, 0.29) is 5.78 Å². The summed E-state index contributed by atoms with van der Waals surface area (Å²) in [6.45, 7) is 9.03. The Hall–Kier alpha value is -1.35. The predicted molar refractivity (Wildman–Crippen MR) is 76.8 cm³/mol. The van der Waals surface area contributed by atoms with Crippen molar-refractivity contribution in [1.82, 2.24) is 4.90 Å². The van der Waals surface area contributed by atoms with Gasteiger partial charge in [-0.1, -0.05) is 19.9 Å². The molecule has 0 aliphatic carbocycles. The van der Waals surface area contributed by atoms with Gasteiger partial charge in [0.25, 0.3) is 0 Å². The molecule has 1 saturated heterocycles. The highest BCUT2D eigenvalue weighted by molar-refractivity contribution is 6.00. The van der Waals surface area contributed by atoms with Gasteiger partial charge in [0.15, 0.2) is 5.78 Å². The molecule has 1 aliphatic rings. The van der Waals surface area contributed by atoms with Crippen molar-refractivity contribution in [3.05, 3.63) is 29.3 Å². The lowest BCUT2D eigenvalue weighted by Gasteiger charge is -2.15. The number of methoxy groups -OCH3 is 1. The Balaban J connectivity index is 2.08. The minimum absolute atomic E-state index is 0.151. The molecule has 2 atom stereocenters. The van der Waals surface area contributed by atoms with E-state index in [0.29, 0.717) is 29.7 Å². The molecule has 0 radical (unpaired) electrons. The van der Waals surface area contributed by atoms with Crippen LogP contribution in [0.3, 0.4) is 0 Å². The number of hydrogen-bond donors (Lipinski definition) is 0. The number of carbonyl (C=O) groups excluding carboxylic acids is 1. The molecule has 0 saturated carbocycles. The second-order valence-corrected chi connectivity index (χ2v) is 5.78. The first kappa shape index (κ1) is 14.1. The summed E-state index contributed by atoms with van der Waals surface area (Å²) in [6.07, 6.45) is 0. The fraction of sp³-hybridized carbons (Fsp3) is 0.562. The summed E-state index contributed by atoms with van der Waals surface area (Å²) < 4.78 is 5.31. The summed E-state index contributed by atoms with van der Waals surface area (Å²) in [5.41, 5.74) is 1.80. The van der Waals surface area contributed by atoms with Crippen LogP contribution in [0.2, 0.25) is 0 Å². The summed E-state index contributed by atoms with van der Waals surface area (Å²) in [7, 11) is 1.62. The second-order valence-electron chi connectivity index (χ2n) is 5.78. The molecular formula is C16H23NO2. The molecule has 1 aliphatic heterocycles. The first-order chi connectivity index (χ1) is 9.01. The number of ketones is 1. The third kappa shape index (κ3) is 3.16. The van der Waals surface area contributed by atoms with Gasteiger partial charge in [0.05, 0.1) is 19.2 Å². The molecule has 1 aromatic rings. The predicted octanol–water partition coefficient (Wildman–Crippen LogP) is 2.77. The molecular weight excluding hydrogens is 238 g/mol. The van der Waals surface area contributed by atoms with Crippen LogP contribution in [-0.4, -0.2) is 37.4 Å². The Morgan fingerprint density at radius 1 is 1.32 bits per heavy atom. The SMILES string of the molecule is COc1cc(C)ccc1C(=O)CN1CC(C)C(C)C1. The molecule has 2 rings (SSSR count). The van der Waals surface area contributed by atoms with Crippen LogP contribution in [0.1, 0.15) is 29.8 Å². The number of Topliss-reactive ketones (excluding diaryl/α,β-unsaturated/α-hetero) is 1. The number of carbonyl (C=O) groups is 1. The maximum Gasteiger partial charge on any atom is 0.180 e. The molecule has 0 bridgehead atoms. The van der Waals surface area contributed by atoms with Gasteiger partial charge in [-0.3, -0.25) is 9.69 Å². The monoisotopic (exact) mass is 261 g/mol. The lowest BCUT2D eigenvalue weighted by molar-refractivity contribution is 0.0939. The summed E-state index contributed by atoms with van der Waals surface area (Å²) in [4.78, 5) is 14.6. The van der Waals surface area contributed by atoms with Gasteiger partial charge in [0, 0.05) is 13.1 Å². The van der Waals surface area contributed by atoms with Gasteiger partial charge >= 0.3 is 0 Å². The maximum atomic E-state index is 12.4. The van der Waals surface area contributed by atoms with Gasteiger partial charge in [-0.05, 0) is 36.5 Å². The van der Waals surface area contributed by atoms with Crippen molar-refractivity contribution in [2.75, 3.05) is 26.7 Å². The van der Waals surface area contributed by atoms with Gasteiger partial charge in [0.1, 0.15) is 5.75 Å². The van der Waals surface area contributed by atoms with Crippen molar-refractivity contribution in [2.45, 2.75) is 20.8 Å². The molecule has 3 heteroatoms. The Morgan fingerprint density at radius 2 is 1.95 bits per heavy atom. The van der Waals surface area contributed by atoms with Gasteiger partial charge in [-0.2, -0.15) is 0 Å². The van der Waals surface area contributed by atoms with Crippen LogP contribution >= 0.6 is 0 Å². The Bertz CT molecular complexity index is 460. The third-order valence-corrected chi connectivity index (χ3v) is 4.09. The molecule has 0 aromatic heterocycles. The van der Waals surface area contributed by atoms with E-state index in [1.54, 1.807) is 7.11 Å². The van der Waals surface area contributed by atoms with Crippen LogP contribution in [0, 0.1) is 18.8 Å². The Morgan fingerprint density at radius 3 is 2.53 bits per heavy atom. The van der Waals surface area contributed by atoms with E-state index in [0.717, 1.165) is 18.7 Å². The zero-order chi connectivity index (χ0) is 14.0. The van der Waals surface area contributed by atoms with Crippen molar-refractivity contribution in [3.63, 3.8) is 0 Å². The van der Waals surface area contributed by atoms with Crippen LogP contribution in [0.25, 0.3) is 0 Å². The molecule has 1 heterocycles. The molecule has 3 nitrogen and oxygen atoms in total. The number of rotatable bonds is 4. The molecule has 1 aromatic carbocycles. The van der Waals surface area contributed by atoms with E-state index in [9.17, 15) is 4.79 Å². The fourth-order valence-corrected chi connectivity index (χ4v) is 2.70. The van der Waals surface area contributed by atoms with Crippen LogP contribution in [0.5, 0.6) is 5.75 Å². The quantitative estimate of drug-likeness (QED) is 0.781. The number of benzene rings is 1. The number of aryl methyl sites for hydroxylation is 1. The van der Waals surface area contributed by atoms with Crippen LogP contribution in [0.15, 0.2) is 18.2 Å². The van der Waals surface area contributed by atoms with Crippen molar-refractivity contribution >= 4 is 5.78 Å². The van der Waals surface area contributed by atoms with Crippen LogP contribution < -0.4 is 4.74 Å². The average Bonchev–Trinajstić information content (AvgIpc) is 2.67. The average molecular weight is 261 g/mol. The van der Waals surface area contributed by atoms with Gasteiger partial charge < -0.3 is 4.74 Å². The number of nitrogens with zero attached hydrogens (tertiary/aromatic N) is 1. The fourth-order valence-electron chi connectivity index (χ4n) is 2.70. The Labute approximate surface area is 115 Å². The zero-order valence-electron chi connectivity index (χ0n) is 12.3. The van der Waals surface area contributed by atoms with E-state index < -0.39 is 0 Å². The third-order valence-electron chi connectivity index (χ3n) is 4.09. The van der Waals surface area contributed by atoms with Gasteiger partial charge in [0.2, 0.25) is 0 Å². The molecule has 0 spiro atoms. The summed E-state index contributed by atoms with van der Waals surface area (Å²) in [5.74, 6) is 2.18. The number of hydrogen-bond acceptors (Lipinski definition) is 3. The van der Waals surface area contributed by atoms with E-state index in [1.807, 2.05) is 25.1 Å². The second kappa shape index (κ2) is 5.74. The summed E-state index contributed by atoms with van der Waals surface area (Å²) in [5, 5.41) is 0. The molecule has 0 N–H and O–H groups in total. The first-order valence-corrected chi connectivity index (χ1v) is 6.91. The van der Waals surface area contributed by atoms with Crippen molar-refractivity contribution in [2.24, 2.45) is 11.8 Å². The lowest BCUT2D eigenvalue weighted by Crippen LogP contribution is -2.28. The molecule has 2 unspecified atom stereocenters. The number of likely N-dealkylation sites (tertiary alicyclic amines) is 1. The minimum Gasteiger partial charge on any atom is -0.496 e. The van der Waals surface area contributed by atoms with Gasteiger partial charge in [-0.15, -0.1) is 0 Å². The van der Waals surface area contributed by atoms with Crippen LogP contribution in [0.4, 0.5) is 0 Å². The smallest absolute Gasteiger partial charge is 0.180 e. The molecule has 0 amide bonds. The summed E-state index contributed by atoms with van der Waals surface area (Å²) >= 11 is 0. The Kier molecular flexibility index (Phi) is 4.25. The highest BCUT2D eigenvalue weighted by Gasteiger charge is 2.27. The lowest BCUT2D eigenvalue weighted by atomic mass is 10.0. The van der Waals surface area contributed by atoms with Crippen LogP contribution in [-0.2, 0) is 0 Å². The summed E-state index contributed by atoms with van der Waals surface area (Å²) in [6, 6.07) is 5.76. The van der Waals surface area contributed by atoms with E-state index in [1.165, 1.54) is 0 Å². The molecule has 19 heavy (non-hydrogen) atoms. The van der Waals surface area contributed by atoms with Crippen molar-refractivity contribution in [3.8, 4) is 5.75 Å². The molecule has 1 fully saturated rings. The highest BCUT2D eigenvalue weighted by atomic mass is 16.5. The maximum absolute atomic E-state index is 12.4. The van der Waals surface area contributed by atoms with E-state index in [2.05, 4.69) is 18.7 Å². The van der Waals surface area contributed by atoms with E-state index >= 15 is 0 Å². The van der Waals surface area contributed by atoms with Gasteiger partial charge in [-0.25, -0.2) is 0 Å². The topological polar surface area (TPSA) is 29.5 Å². The van der Waals surface area contributed by atoms with E-state index in [4.69, 9.17) is 4.74 Å². The van der Waals surface area contributed by atoms with Crippen molar-refractivity contribution in [1.29, 1.82) is 0 Å². The molecule has 104 valence electrons. The number of ether oxygens (including phenoxy) is 1. The zero-order valence-corrected chi connectivity index (χ0v) is 12.3. The van der Waals surface area contributed by atoms with Crippen molar-refractivity contribution < 1.29 is 9.53 Å². The highest BCUT2D eigenvalue weighted by Crippen LogP contribution is 2.24.